The lowest BCUT2D eigenvalue weighted by Crippen LogP contribution is -2.52. The lowest BCUT2D eigenvalue weighted by atomic mass is 10.0. The van der Waals surface area contributed by atoms with Gasteiger partial charge in [0.1, 0.15) is 11.0 Å². The number of hydrogen-bond acceptors (Lipinski definition) is 5. The van der Waals surface area contributed by atoms with Crippen molar-refractivity contribution in [3.05, 3.63) is 62.9 Å². The number of carbonyl (C=O) groups excluding carboxylic acids is 2. The van der Waals surface area contributed by atoms with E-state index in [4.69, 9.17) is 16.0 Å². The topological polar surface area (TPSA) is 106 Å². The highest BCUT2D eigenvalue weighted by Crippen LogP contribution is 2.31. The Bertz CT molecular complexity index is 819. The lowest BCUT2D eigenvalue weighted by molar-refractivity contribution is -0.402. The van der Waals surface area contributed by atoms with Gasteiger partial charge in [-0.05, 0) is 12.1 Å². The first-order valence-electron chi connectivity index (χ1n) is 7.06. The van der Waals surface area contributed by atoms with Crippen LogP contribution in [0.4, 0.5) is 5.88 Å². The van der Waals surface area contributed by atoms with Crippen LogP contribution < -0.4 is 5.32 Å². The van der Waals surface area contributed by atoms with Gasteiger partial charge in [0, 0.05) is 23.7 Å². The number of nitro groups is 1. The van der Waals surface area contributed by atoms with Crippen LogP contribution in [0, 0.1) is 10.1 Å². The minimum absolute atomic E-state index is 0.201. The number of halogens is 1. The van der Waals surface area contributed by atoms with E-state index in [0.29, 0.717) is 10.6 Å². The van der Waals surface area contributed by atoms with Crippen molar-refractivity contribution in [1.29, 1.82) is 0 Å². The highest BCUT2D eigenvalue weighted by Gasteiger charge is 2.37. The number of furan rings is 1. The van der Waals surface area contributed by atoms with Gasteiger partial charge in [0.15, 0.2) is 5.76 Å². The molecule has 1 aliphatic rings. The molecule has 0 spiro atoms. The van der Waals surface area contributed by atoms with Gasteiger partial charge in [0.05, 0.1) is 6.07 Å². The first kappa shape index (κ1) is 16.0. The van der Waals surface area contributed by atoms with Crippen molar-refractivity contribution in [2.75, 3.05) is 13.1 Å². The third kappa shape index (κ3) is 2.83. The second-order valence-corrected chi connectivity index (χ2v) is 5.52. The summed E-state index contributed by atoms with van der Waals surface area (Å²) in [5.74, 6) is -1.71. The molecule has 1 aromatic heterocycles. The van der Waals surface area contributed by atoms with E-state index in [1.807, 2.05) is 0 Å². The Kier molecular flexibility index (Phi) is 4.22. The zero-order chi connectivity index (χ0) is 17.3. The van der Waals surface area contributed by atoms with Crippen molar-refractivity contribution >= 4 is 29.3 Å². The number of nitrogens with zero attached hydrogens (tertiary/aromatic N) is 2. The number of rotatable bonds is 3. The van der Waals surface area contributed by atoms with Gasteiger partial charge in [-0.25, -0.2) is 0 Å². The zero-order valence-electron chi connectivity index (χ0n) is 12.3. The summed E-state index contributed by atoms with van der Waals surface area (Å²) in [7, 11) is 0. The van der Waals surface area contributed by atoms with Crippen LogP contribution in [0.15, 0.2) is 40.8 Å². The maximum Gasteiger partial charge on any atom is 0.433 e. The summed E-state index contributed by atoms with van der Waals surface area (Å²) in [6.07, 6.45) is 0. The maximum absolute atomic E-state index is 12.7. The van der Waals surface area contributed by atoms with Crippen LogP contribution in [-0.4, -0.2) is 34.7 Å². The molecule has 1 N–H and O–H groups in total. The molecule has 1 atom stereocenters. The fraction of sp³-hybridized carbons (Fsp3) is 0.200. The summed E-state index contributed by atoms with van der Waals surface area (Å²) in [5.41, 5.74) is 0.478. The summed E-state index contributed by atoms with van der Waals surface area (Å²) in [6, 6.07) is 8.10. The number of nitrogens with one attached hydrogen (secondary N) is 1. The van der Waals surface area contributed by atoms with Crippen LogP contribution in [0.2, 0.25) is 5.02 Å². The SMILES string of the molecule is O=C1NCCN(C(=O)c2ccc([N+](=O)[O-])o2)[C@@H]1c1ccccc1Cl. The molecule has 0 radical (unpaired) electrons. The highest BCUT2D eigenvalue weighted by molar-refractivity contribution is 6.31. The second-order valence-electron chi connectivity index (χ2n) is 5.11. The summed E-state index contributed by atoms with van der Waals surface area (Å²) in [5, 5.41) is 13.7. The third-order valence-corrected chi connectivity index (χ3v) is 4.00. The van der Waals surface area contributed by atoms with E-state index in [9.17, 15) is 19.7 Å². The molecule has 8 nitrogen and oxygen atoms in total. The van der Waals surface area contributed by atoms with Gasteiger partial charge in [0.2, 0.25) is 5.91 Å². The van der Waals surface area contributed by atoms with Gasteiger partial charge in [-0.3, -0.25) is 19.7 Å². The Balaban J connectivity index is 1.97. The van der Waals surface area contributed by atoms with Crippen molar-refractivity contribution in [2.45, 2.75) is 6.04 Å². The van der Waals surface area contributed by atoms with E-state index in [1.54, 1.807) is 24.3 Å². The smallest absolute Gasteiger partial charge is 0.395 e. The summed E-state index contributed by atoms with van der Waals surface area (Å²) in [4.78, 5) is 36.2. The third-order valence-electron chi connectivity index (χ3n) is 3.66. The Labute approximate surface area is 141 Å². The van der Waals surface area contributed by atoms with Crippen molar-refractivity contribution in [1.82, 2.24) is 10.2 Å². The molecule has 1 saturated heterocycles. The van der Waals surface area contributed by atoms with Crippen molar-refractivity contribution in [3.8, 4) is 0 Å². The van der Waals surface area contributed by atoms with E-state index >= 15 is 0 Å². The number of piperazine rings is 1. The quantitative estimate of drug-likeness (QED) is 0.675. The molecule has 0 saturated carbocycles. The number of amides is 2. The summed E-state index contributed by atoms with van der Waals surface area (Å²) in [6.45, 7) is 0.503. The number of benzene rings is 1. The van der Waals surface area contributed by atoms with Gasteiger partial charge >= 0.3 is 5.88 Å². The largest absolute Gasteiger partial charge is 0.433 e. The zero-order valence-corrected chi connectivity index (χ0v) is 13.0. The standard InChI is InChI=1S/C15H12ClN3O5/c16-10-4-2-1-3-9(10)13-14(20)17-7-8-18(13)15(21)11-5-6-12(24-11)19(22)23/h1-6,13H,7-8H2,(H,17,20)/t13-/m1/s1. The van der Waals surface area contributed by atoms with E-state index in [-0.39, 0.29) is 24.8 Å². The van der Waals surface area contributed by atoms with E-state index in [2.05, 4.69) is 5.32 Å². The Morgan fingerprint density at radius 2 is 2.08 bits per heavy atom. The monoisotopic (exact) mass is 349 g/mol. The molecular weight excluding hydrogens is 338 g/mol. The van der Waals surface area contributed by atoms with Gasteiger partial charge in [-0.1, -0.05) is 29.8 Å². The molecule has 2 aromatic rings. The molecule has 3 rings (SSSR count). The first-order valence-corrected chi connectivity index (χ1v) is 7.44. The fourth-order valence-corrected chi connectivity index (χ4v) is 2.81. The van der Waals surface area contributed by atoms with Gasteiger partial charge in [0.25, 0.3) is 5.91 Å². The van der Waals surface area contributed by atoms with Crippen LogP contribution in [0.25, 0.3) is 0 Å². The Morgan fingerprint density at radius 1 is 1.33 bits per heavy atom. The first-order chi connectivity index (χ1) is 11.5. The predicted octanol–water partition coefficient (Wildman–Crippen LogP) is 2.15. The molecule has 1 aromatic carbocycles. The minimum atomic E-state index is -0.927. The van der Waals surface area contributed by atoms with E-state index in [1.165, 1.54) is 11.0 Å². The van der Waals surface area contributed by atoms with Gasteiger partial charge in [-0.15, -0.1) is 0 Å². The van der Waals surface area contributed by atoms with Crippen LogP contribution in [-0.2, 0) is 4.79 Å². The van der Waals surface area contributed by atoms with Crippen molar-refractivity contribution < 1.29 is 18.9 Å². The molecule has 9 heteroatoms. The van der Waals surface area contributed by atoms with Crippen LogP contribution >= 0.6 is 11.6 Å². The lowest BCUT2D eigenvalue weighted by Gasteiger charge is -2.35. The molecule has 24 heavy (non-hydrogen) atoms. The maximum atomic E-state index is 12.7. The highest BCUT2D eigenvalue weighted by atomic mass is 35.5. The summed E-state index contributed by atoms with van der Waals surface area (Å²) < 4.78 is 4.95. The van der Waals surface area contributed by atoms with E-state index < -0.39 is 22.8 Å². The molecule has 124 valence electrons. The molecule has 1 fully saturated rings. The van der Waals surface area contributed by atoms with Crippen LogP contribution in [0.3, 0.4) is 0 Å². The van der Waals surface area contributed by atoms with Crippen LogP contribution in [0.5, 0.6) is 0 Å². The number of hydrogen-bond donors (Lipinski definition) is 1. The molecule has 2 amide bonds. The fourth-order valence-electron chi connectivity index (χ4n) is 2.57. The Morgan fingerprint density at radius 3 is 2.75 bits per heavy atom. The molecule has 0 bridgehead atoms. The van der Waals surface area contributed by atoms with Gasteiger partial charge in [-0.2, -0.15) is 0 Å². The predicted molar refractivity (Wildman–Crippen MR) is 83.6 cm³/mol. The van der Waals surface area contributed by atoms with Crippen molar-refractivity contribution in [3.63, 3.8) is 0 Å². The van der Waals surface area contributed by atoms with Crippen LogP contribution in [0.1, 0.15) is 22.2 Å². The minimum Gasteiger partial charge on any atom is -0.395 e. The molecule has 0 aliphatic carbocycles. The normalized spacial score (nSPS) is 17.5. The molecule has 0 unspecified atom stereocenters. The average Bonchev–Trinajstić information content (AvgIpc) is 3.05. The molecule has 2 heterocycles. The van der Waals surface area contributed by atoms with Crippen molar-refractivity contribution in [2.24, 2.45) is 0 Å². The van der Waals surface area contributed by atoms with E-state index in [0.717, 1.165) is 6.07 Å². The second kappa shape index (κ2) is 6.32. The van der Waals surface area contributed by atoms with Gasteiger partial charge < -0.3 is 14.6 Å². The molecular formula is C15H12ClN3O5. The summed E-state index contributed by atoms with van der Waals surface area (Å²) >= 11 is 6.15. The average molecular weight is 350 g/mol. The molecule has 1 aliphatic heterocycles. The number of carbonyl (C=O) groups is 2. The Hall–Kier alpha value is -2.87.